The van der Waals surface area contributed by atoms with E-state index in [1.165, 1.54) is 55.9 Å². The number of aromatic nitrogens is 1. The molecule has 2 heterocycles. The SMILES string of the molecule is Cc1nc(CN2CC3(CCCC3)NCCC2C)cs1. The molecule has 0 aromatic carbocycles. The standard InChI is InChI=1S/C15H25N3S/c1-12-5-8-16-15(6-3-4-7-15)11-18(12)9-14-10-19-13(2)17-14/h10,12,16H,3-9,11H2,1-2H3. The van der Waals surface area contributed by atoms with Crippen molar-refractivity contribution in [3.8, 4) is 0 Å². The lowest BCUT2D eigenvalue weighted by atomic mass is 9.97. The second-order valence-electron chi connectivity index (χ2n) is 6.31. The molecule has 1 saturated heterocycles. The Labute approximate surface area is 120 Å². The predicted molar refractivity (Wildman–Crippen MR) is 80.5 cm³/mol. The summed E-state index contributed by atoms with van der Waals surface area (Å²) in [7, 11) is 0. The number of thiazole rings is 1. The largest absolute Gasteiger partial charge is 0.310 e. The molecule has 1 aromatic rings. The van der Waals surface area contributed by atoms with E-state index in [-0.39, 0.29) is 0 Å². The van der Waals surface area contributed by atoms with E-state index in [0.717, 1.165) is 6.54 Å². The lowest BCUT2D eigenvalue weighted by molar-refractivity contribution is 0.159. The number of nitrogens with one attached hydrogen (secondary N) is 1. The summed E-state index contributed by atoms with van der Waals surface area (Å²) in [6.45, 7) is 7.86. The maximum atomic E-state index is 4.64. The van der Waals surface area contributed by atoms with Gasteiger partial charge in [0.2, 0.25) is 0 Å². The lowest BCUT2D eigenvalue weighted by Crippen LogP contribution is -2.50. The van der Waals surface area contributed by atoms with Crippen molar-refractivity contribution in [1.29, 1.82) is 0 Å². The van der Waals surface area contributed by atoms with E-state index in [9.17, 15) is 0 Å². The van der Waals surface area contributed by atoms with E-state index >= 15 is 0 Å². The van der Waals surface area contributed by atoms with E-state index < -0.39 is 0 Å². The van der Waals surface area contributed by atoms with Crippen LogP contribution in [-0.4, -0.2) is 34.6 Å². The van der Waals surface area contributed by atoms with Gasteiger partial charge in [-0.25, -0.2) is 4.98 Å². The third-order valence-corrected chi connectivity index (χ3v) is 5.61. The minimum atomic E-state index is 0.399. The molecule has 2 aliphatic rings. The van der Waals surface area contributed by atoms with Gasteiger partial charge in [-0.3, -0.25) is 4.90 Å². The molecule has 1 atom stereocenters. The molecular weight excluding hydrogens is 254 g/mol. The molecule has 0 amide bonds. The molecular formula is C15H25N3S. The Morgan fingerprint density at radius 1 is 1.47 bits per heavy atom. The third kappa shape index (κ3) is 3.01. The molecule has 3 nitrogen and oxygen atoms in total. The Morgan fingerprint density at radius 2 is 2.26 bits per heavy atom. The average Bonchev–Trinajstić information content (AvgIpc) is 2.95. The Kier molecular flexibility index (Phi) is 3.92. The fourth-order valence-electron chi connectivity index (χ4n) is 3.62. The molecule has 4 heteroatoms. The summed E-state index contributed by atoms with van der Waals surface area (Å²) in [6.07, 6.45) is 6.75. The summed E-state index contributed by atoms with van der Waals surface area (Å²) >= 11 is 1.77. The maximum Gasteiger partial charge on any atom is 0.0897 e. The van der Waals surface area contributed by atoms with Gasteiger partial charge in [-0.2, -0.15) is 0 Å². The van der Waals surface area contributed by atoms with E-state index in [1.54, 1.807) is 11.3 Å². The fraction of sp³-hybridized carbons (Fsp3) is 0.800. The van der Waals surface area contributed by atoms with Crippen LogP contribution in [0.15, 0.2) is 5.38 Å². The van der Waals surface area contributed by atoms with Crippen molar-refractivity contribution in [2.45, 2.75) is 64.1 Å². The zero-order valence-corrected chi connectivity index (χ0v) is 12.9. The summed E-state index contributed by atoms with van der Waals surface area (Å²) in [6, 6.07) is 0.662. The summed E-state index contributed by atoms with van der Waals surface area (Å²) in [5.41, 5.74) is 1.65. The normalized spacial score (nSPS) is 27.8. The fourth-order valence-corrected chi connectivity index (χ4v) is 4.22. The van der Waals surface area contributed by atoms with Crippen LogP contribution in [0.2, 0.25) is 0 Å². The van der Waals surface area contributed by atoms with Crippen molar-refractivity contribution in [3.63, 3.8) is 0 Å². The summed E-state index contributed by atoms with van der Waals surface area (Å²) in [4.78, 5) is 7.29. The van der Waals surface area contributed by atoms with Crippen LogP contribution >= 0.6 is 11.3 Å². The van der Waals surface area contributed by atoms with Crippen LogP contribution < -0.4 is 5.32 Å². The van der Waals surface area contributed by atoms with Gasteiger partial charge >= 0.3 is 0 Å². The van der Waals surface area contributed by atoms with Crippen molar-refractivity contribution < 1.29 is 0 Å². The molecule has 1 aliphatic heterocycles. The average molecular weight is 279 g/mol. The van der Waals surface area contributed by atoms with Gasteiger partial charge in [0.25, 0.3) is 0 Å². The predicted octanol–water partition coefficient (Wildman–Crippen LogP) is 2.95. The minimum absolute atomic E-state index is 0.399. The maximum absolute atomic E-state index is 4.64. The number of hydrogen-bond donors (Lipinski definition) is 1. The highest BCUT2D eigenvalue weighted by Crippen LogP contribution is 2.33. The number of rotatable bonds is 2. The molecule has 106 valence electrons. The molecule has 1 aliphatic carbocycles. The first-order valence-corrected chi connectivity index (χ1v) is 8.45. The first-order valence-electron chi connectivity index (χ1n) is 7.57. The van der Waals surface area contributed by atoms with Gasteiger partial charge < -0.3 is 5.32 Å². The Hall–Kier alpha value is -0.450. The second kappa shape index (κ2) is 5.51. The number of aryl methyl sites for hydroxylation is 1. The molecule has 1 N–H and O–H groups in total. The smallest absolute Gasteiger partial charge is 0.0897 e. The van der Waals surface area contributed by atoms with E-state index in [1.807, 2.05) is 0 Å². The third-order valence-electron chi connectivity index (χ3n) is 4.78. The number of nitrogens with zero attached hydrogens (tertiary/aromatic N) is 2. The van der Waals surface area contributed by atoms with Crippen LogP contribution in [0.1, 0.15) is 49.7 Å². The van der Waals surface area contributed by atoms with Gasteiger partial charge in [0.05, 0.1) is 10.7 Å². The Balaban J connectivity index is 1.73. The molecule has 0 radical (unpaired) electrons. The highest BCUT2D eigenvalue weighted by atomic mass is 32.1. The molecule has 3 rings (SSSR count). The van der Waals surface area contributed by atoms with Crippen molar-refractivity contribution in [2.75, 3.05) is 13.1 Å². The molecule has 0 bridgehead atoms. The van der Waals surface area contributed by atoms with Gasteiger partial charge in [0, 0.05) is 30.1 Å². The highest BCUT2D eigenvalue weighted by Gasteiger charge is 2.38. The zero-order valence-electron chi connectivity index (χ0n) is 12.1. The highest BCUT2D eigenvalue weighted by molar-refractivity contribution is 7.09. The lowest BCUT2D eigenvalue weighted by Gasteiger charge is -2.35. The van der Waals surface area contributed by atoms with Gasteiger partial charge in [-0.05, 0) is 39.7 Å². The molecule has 2 fully saturated rings. The van der Waals surface area contributed by atoms with Crippen LogP contribution in [0.4, 0.5) is 0 Å². The van der Waals surface area contributed by atoms with Gasteiger partial charge in [-0.15, -0.1) is 11.3 Å². The van der Waals surface area contributed by atoms with E-state index in [0.29, 0.717) is 11.6 Å². The zero-order chi connectivity index (χ0) is 13.3. The Morgan fingerprint density at radius 3 is 2.95 bits per heavy atom. The summed E-state index contributed by atoms with van der Waals surface area (Å²) < 4.78 is 0. The first-order chi connectivity index (χ1) is 9.17. The van der Waals surface area contributed by atoms with Gasteiger partial charge in [-0.1, -0.05) is 12.8 Å². The van der Waals surface area contributed by atoms with Crippen molar-refractivity contribution in [3.05, 3.63) is 16.1 Å². The van der Waals surface area contributed by atoms with Crippen molar-refractivity contribution in [1.82, 2.24) is 15.2 Å². The van der Waals surface area contributed by atoms with E-state index in [2.05, 4.69) is 34.4 Å². The monoisotopic (exact) mass is 279 g/mol. The van der Waals surface area contributed by atoms with Crippen molar-refractivity contribution >= 4 is 11.3 Å². The quantitative estimate of drug-likeness (QED) is 0.902. The summed E-state index contributed by atoms with van der Waals surface area (Å²) in [5, 5.41) is 7.26. The van der Waals surface area contributed by atoms with E-state index in [4.69, 9.17) is 0 Å². The summed E-state index contributed by atoms with van der Waals surface area (Å²) in [5.74, 6) is 0. The Bertz CT molecular complexity index is 423. The topological polar surface area (TPSA) is 28.2 Å². The second-order valence-corrected chi connectivity index (χ2v) is 7.38. The van der Waals surface area contributed by atoms with Crippen molar-refractivity contribution in [2.24, 2.45) is 0 Å². The van der Waals surface area contributed by atoms with Crippen LogP contribution in [0.5, 0.6) is 0 Å². The number of hydrogen-bond acceptors (Lipinski definition) is 4. The van der Waals surface area contributed by atoms with Gasteiger partial charge in [0.1, 0.15) is 0 Å². The van der Waals surface area contributed by atoms with Crippen LogP contribution in [-0.2, 0) is 6.54 Å². The first kappa shape index (κ1) is 13.5. The van der Waals surface area contributed by atoms with Crippen LogP contribution in [0.3, 0.4) is 0 Å². The molecule has 1 saturated carbocycles. The molecule has 1 unspecified atom stereocenters. The molecule has 1 aromatic heterocycles. The van der Waals surface area contributed by atoms with Crippen LogP contribution in [0, 0.1) is 6.92 Å². The minimum Gasteiger partial charge on any atom is -0.310 e. The molecule has 19 heavy (non-hydrogen) atoms. The van der Waals surface area contributed by atoms with Crippen LogP contribution in [0.25, 0.3) is 0 Å². The molecule has 1 spiro atoms. The van der Waals surface area contributed by atoms with Gasteiger partial charge in [0.15, 0.2) is 0 Å².